The first-order valence-electron chi connectivity index (χ1n) is 8.59. The van der Waals surface area contributed by atoms with Crippen LogP contribution in [0.2, 0.25) is 0 Å². The molecule has 24 heavy (non-hydrogen) atoms. The zero-order chi connectivity index (χ0) is 18.5. The lowest BCUT2D eigenvalue weighted by Gasteiger charge is -2.30. The molecule has 7 nitrogen and oxygen atoms in total. The van der Waals surface area contributed by atoms with Gasteiger partial charge in [-0.3, -0.25) is 9.59 Å². The number of sulfonamides is 1. The number of esters is 1. The smallest absolute Gasteiger partial charge is 0.324 e. The molecule has 1 unspecified atom stereocenters. The highest BCUT2D eigenvalue weighted by atomic mass is 32.2. The number of nitrogens with zero attached hydrogens (tertiary/aromatic N) is 2. The minimum atomic E-state index is -3.45. The molecule has 1 atom stereocenters. The molecule has 8 heteroatoms. The maximum absolute atomic E-state index is 12.3. The molecule has 1 aliphatic heterocycles. The van der Waals surface area contributed by atoms with Crippen LogP contribution in [0.1, 0.15) is 53.9 Å². The lowest BCUT2D eigenvalue weighted by molar-refractivity contribution is -0.156. The highest BCUT2D eigenvalue weighted by Crippen LogP contribution is 2.23. The van der Waals surface area contributed by atoms with Crippen molar-refractivity contribution in [1.29, 1.82) is 0 Å². The predicted molar refractivity (Wildman–Crippen MR) is 91.9 cm³/mol. The number of ether oxygens (including phenoxy) is 1. The Morgan fingerprint density at radius 1 is 1.21 bits per heavy atom. The molecule has 0 aromatic carbocycles. The van der Waals surface area contributed by atoms with Gasteiger partial charge in [-0.2, -0.15) is 4.31 Å². The van der Waals surface area contributed by atoms with Gasteiger partial charge in [0.15, 0.2) is 6.61 Å². The first-order valence-corrected chi connectivity index (χ1v) is 10.2. The molecule has 0 spiro atoms. The van der Waals surface area contributed by atoms with Gasteiger partial charge in [0, 0.05) is 18.6 Å². The molecule has 0 N–H and O–H groups in total. The molecule has 1 heterocycles. The lowest BCUT2D eigenvalue weighted by Crippen LogP contribution is -2.46. The topological polar surface area (TPSA) is 84.0 Å². The van der Waals surface area contributed by atoms with E-state index in [4.69, 9.17) is 4.74 Å². The predicted octanol–water partition coefficient (Wildman–Crippen LogP) is 1.38. The normalized spacial score (nSPS) is 19.0. The summed E-state index contributed by atoms with van der Waals surface area (Å²) < 4.78 is 30.8. The van der Waals surface area contributed by atoms with Crippen LogP contribution in [-0.4, -0.2) is 66.5 Å². The van der Waals surface area contributed by atoms with Gasteiger partial charge in [0.25, 0.3) is 5.91 Å². The maximum Gasteiger partial charge on any atom is 0.324 e. The average Bonchev–Trinajstić information content (AvgIpc) is 2.94. The minimum absolute atomic E-state index is 0.00381. The number of amides is 1. The lowest BCUT2D eigenvalue weighted by atomic mass is 10.2. The molecule has 140 valence electrons. The fourth-order valence-corrected chi connectivity index (χ4v) is 4.90. The third-order valence-corrected chi connectivity index (χ3v) is 6.11. The third kappa shape index (κ3) is 5.17. The first kappa shape index (κ1) is 20.9. The van der Waals surface area contributed by atoms with Gasteiger partial charge < -0.3 is 9.64 Å². The summed E-state index contributed by atoms with van der Waals surface area (Å²) in [6.45, 7) is 9.36. The summed E-state index contributed by atoms with van der Waals surface area (Å²) in [5.41, 5.74) is 0. The van der Waals surface area contributed by atoms with Crippen LogP contribution in [0.3, 0.4) is 0 Å². The summed E-state index contributed by atoms with van der Waals surface area (Å²) in [5, 5.41) is 0. The molecular weight excluding hydrogens is 332 g/mol. The summed E-state index contributed by atoms with van der Waals surface area (Å²) in [5.74, 6) is -0.883. The van der Waals surface area contributed by atoms with Crippen molar-refractivity contribution in [2.45, 2.75) is 72.0 Å². The monoisotopic (exact) mass is 362 g/mol. The Hall–Kier alpha value is -1.15. The summed E-state index contributed by atoms with van der Waals surface area (Å²) in [7, 11) is -3.45. The largest absolute Gasteiger partial charge is 0.454 e. The van der Waals surface area contributed by atoms with Crippen molar-refractivity contribution in [3.8, 4) is 0 Å². The van der Waals surface area contributed by atoms with Gasteiger partial charge in [-0.25, -0.2) is 8.42 Å². The molecule has 0 aliphatic carbocycles. The molecule has 1 rings (SSSR count). The third-order valence-electron chi connectivity index (χ3n) is 4.03. The molecule has 0 aromatic heterocycles. The van der Waals surface area contributed by atoms with Crippen molar-refractivity contribution in [3.63, 3.8) is 0 Å². The van der Waals surface area contributed by atoms with E-state index in [1.165, 1.54) is 4.31 Å². The molecule has 1 saturated heterocycles. The number of rotatable bonds is 8. The van der Waals surface area contributed by atoms with E-state index < -0.39 is 22.0 Å². The van der Waals surface area contributed by atoms with Crippen LogP contribution in [0.4, 0.5) is 0 Å². The first-order chi connectivity index (χ1) is 11.1. The second-order valence-corrected chi connectivity index (χ2v) is 8.72. The summed E-state index contributed by atoms with van der Waals surface area (Å²) in [6, 6.07) is -0.797. The van der Waals surface area contributed by atoms with Crippen molar-refractivity contribution in [1.82, 2.24) is 9.21 Å². The van der Waals surface area contributed by atoms with E-state index in [1.54, 1.807) is 11.8 Å². The molecule has 1 amide bonds. The van der Waals surface area contributed by atoms with Crippen LogP contribution >= 0.6 is 0 Å². The zero-order valence-electron chi connectivity index (χ0n) is 15.3. The second kappa shape index (κ2) is 8.80. The Kier molecular flexibility index (Phi) is 7.66. The van der Waals surface area contributed by atoms with Crippen molar-refractivity contribution >= 4 is 21.9 Å². The number of hydrogen-bond acceptors (Lipinski definition) is 5. The molecule has 0 saturated carbocycles. The molecule has 0 bridgehead atoms. The summed E-state index contributed by atoms with van der Waals surface area (Å²) in [6.07, 6.45) is 1.56. The maximum atomic E-state index is 12.3. The van der Waals surface area contributed by atoms with Gasteiger partial charge in [0.2, 0.25) is 10.0 Å². The van der Waals surface area contributed by atoms with Crippen LogP contribution < -0.4 is 0 Å². The Morgan fingerprint density at radius 2 is 1.79 bits per heavy atom. The van der Waals surface area contributed by atoms with E-state index in [0.717, 1.165) is 0 Å². The standard InChI is InChI=1S/C16H30N2O5S/c1-6-10-24(21,22)17-9-7-8-14(17)16(20)23-11-15(19)18(12(2)3)13(4)5/h12-14H,6-11H2,1-5H3. The van der Waals surface area contributed by atoms with Gasteiger partial charge in [-0.05, 0) is 47.0 Å². The molecule has 0 aromatic rings. The summed E-state index contributed by atoms with van der Waals surface area (Å²) in [4.78, 5) is 26.2. The van der Waals surface area contributed by atoms with Gasteiger partial charge in [0.1, 0.15) is 6.04 Å². The van der Waals surface area contributed by atoms with Crippen molar-refractivity contribution in [3.05, 3.63) is 0 Å². The molecule has 1 aliphatic rings. The second-order valence-electron chi connectivity index (χ2n) is 6.68. The van der Waals surface area contributed by atoms with Crippen LogP contribution in [0.15, 0.2) is 0 Å². The fourth-order valence-electron chi connectivity index (χ4n) is 3.16. The molecule has 0 radical (unpaired) electrons. The molecule has 1 fully saturated rings. The Labute approximate surface area is 145 Å². The number of carbonyl (C=O) groups excluding carboxylic acids is 2. The van der Waals surface area contributed by atoms with Crippen molar-refractivity contribution in [2.75, 3.05) is 18.9 Å². The van der Waals surface area contributed by atoms with E-state index in [2.05, 4.69) is 0 Å². The number of hydrogen-bond donors (Lipinski definition) is 0. The number of carbonyl (C=O) groups is 2. The van der Waals surface area contributed by atoms with Gasteiger partial charge in [0.05, 0.1) is 5.75 Å². The van der Waals surface area contributed by atoms with Crippen LogP contribution in [-0.2, 0) is 24.3 Å². The van der Waals surface area contributed by atoms with E-state index in [1.807, 2.05) is 27.7 Å². The Bertz CT molecular complexity index is 537. The fraction of sp³-hybridized carbons (Fsp3) is 0.875. The van der Waals surface area contributed by atoms with Crippen molar-refractivity contribution in [2.24, 2.45) is 0 Å². The Morgan fingerprint density at radius 3 is 2.29 bits per heavy atom. The zero-order valence-corrected chi connectivity index (χ0v) is 16.1. The van der Waals surface area contributed by atoms with E-state index in [0.29, 0.717) is 25.8 Å². The van der Waals surface area contributed by atoms with Crippen LogP contribution in [0.5, 0.6) is 0 Å². The molecular formula is C16H30N2O5S. The highest BCUT2D eigenvalue weighted by molar-refractivity contribution is 7.89. The SMILES string of the molecule is CCCS(=O)(=O)N1CCCC1C(=O)OCC(=O)N(C(C)C)C(C)C. The Balaban J connectivity index is 2.69. The minimum Gasteiger partial charge on any atom is -0.454 e. The van der Waals surface area contributed by atoms with E-state index in [9.17, 15) is 18.0 Å². The quantitative estimate of drug-likeness (QED) is 0.609. The average molecular weight is 362 g/mol. The van der Waals surface area contributed by atoms with Crippen molar-refractivity contribution < 1.29 is 22.7 Å². The van der Waals surface area contributed by atoms with Crippen LogP contribution in [0, 0.1) is 0 Å². The summed E-state index contributed by atoms with van der Waals surface area (Å²) >= 11 is 0. The van der Waals surface area contributed by atoms with Crippen LogP contribution in [0.25, 0.3) is 0 Å². The highest BCUT2D eigenvalue weighted by Gasteiger charge is 2.39. The van der Waals surface area contributed by atoms with Gasteiger partial charge in [-0.15, -0.1) is 0 Å². The van der Waals surface area contributed by atoms with Gasteiger partial charge >= 0.3 is 5.97 Å². The van der Waals surface area contributed by atoms with Gasteiger partial charge in [-0.1, -0.05) is 6.92 Å². The van der Waals surface area contributed by atoms with E-state index >= 15 is 0 Å². The van der Waals surface area contributed by atoms with E-state index in [-0.39, 0.29) is 30.4 Å².